The number of ether oxygens (including phenoxy) is 2. The molecule has 4 rings (SSSR count). The van der Waals surface area contributed by atoms with Crippen molar-refractivity contribution in [2.45, 2.75) is 38.5 Å². The molecule has 8 heteroatoms. The zero-order valence-corrected chi connectivity index (χ0v) is 23.8. The number of aromatic carboxylic acids is 1. The van der Waals surface area contributed by atoms with Gasteiger partial charge in [-0.15, -0.1) is 0 Å². The molecule has 2 N–H and O–H groups in total. The average Bonchev–Trinajstić information content (AvgIpc) is 3.03. The summed E-state index contributed by atoms with van der Waals surface area (Å²) in [5.41, 5.74) is 3.77. The molecule has 0 amide bonds. The Balaban J connectivity index is 1.44. The standard InChI is InChI=1S/C35H34N2O6/c1-36-30-16-20-32(21-17-30)43-31-18-12-27(13-19-31)25-42-33(28-7-3-2-4-8-28)24-37(22-6-5-9-34(38)39)23-26-10-14-29(15-11-26)35(40)41/h2-4,7-8,10-21,33H,5-6,9,22-25H2,(H,38,39)(H,40,41)/t33-/m0/s1. The molecule has 0 aliphatic carbocycles. The summed E-state index contributed by atoms with van der Waals surface area (Å²) in [7, 11) is 0. The lowest BCUT2D eigenvalue weighted by Crippen LogP contribution is -2.30. The highest BCUT2D eigenvalue weighted by Crippen LogP contribution is 2.26. The van der Waals surface area contributed by atoms with Crippen LogP contribution in [0, 0.1) is 6.57 Å². The van der Waals surface area contributed by atoms with Crippen molar-refractivity contribution in [1.29, 1.82) is 0 Å². The maximum absolute atomic E-state index is 11.3. The first-order chi connectivity index (χ1) is 20.9. The molecule has 220 valence electrons. The Morgan fingerprint density at radius 2 is 1.42 bits per heavy atom. The van der Waals surface area contributed by atoms with E-state index in [0.717, 1.165) is 16.7 Å². The van der Waals surface area contributed by atoms with Crippen LogP contribution in [0.2, 0.25) is 0 Å². The van der Waals surface area contributed by atoms with Gasteiger partial charge in [-0.1, -0.05) is 66.7 Å². The van der Waals surface area contributed by atoms with Crippen molar-refractivity contribution in [3.8, 4) is 11.5 Å². The van der Waals surface area contributed by atoms with E-state index in [9.17, 15) is 14.7 Å². The van der Waals surface area contributed by atoms with E-state index < -0.39 is 11.9 Å². The van der Waals surface area contributed by atoms with Gasteiger partial charge in [-0.25, -0.2) is 9.64 Å². The molecule has 0 aromatic heterocycles. The Morgan fingerprint density at radius 3 is 2.02 bits per heavy atom. The second-order valence-electron chi connectivity index (χ2n) is 10.2. The summed E-state index contributed by atoms with van der Waals surface area (Å²) < 4.78 is 12.4. The van der Waals surface area contributed by atoms with Gasteiger partial charge in [-0.3, -0.25) is 9.69 Å². The SMILES string of the molecule is [C-]#[N+]c1ccc(Oc2ccc(CO[C@@H](CN(CCCCC(=O)O)Cc3ccc(C(=O)O)cc3)c3ccccc3)cc2)cc1. The van der Waals surface area contributed by atoms with Crippen LogP contribution in [0.1, 0.15) is 52.4 Å². The Labute approximate surface area is 251 Å². The van der Waals surface area contributed by atoms with Gasteiger partial charge in [0.1, 0.15) is 11.5 Å². The lowest BCUT2D eigenvalue weighted by atomic mass is 10.1. The number of hydrogen-bond donors (Lipinski definition) is 2. The molecular formula is C35H34N2O6. The van der Waals surface area contributed by atoms with Crippen LogP contribution in [0.15, 0.2) is 103 Å². The molecule has 0 heterocycles. The minimum atomic E-state index is -0.968. The summed E-state index contributed by atoms with van der Waals surface area (Å²) in [6, 6.07) is 31.5. The third-order valence-electron chi connectivity index (χ3n) is 6.89. The molecule has 4 aromatic carbocycles. The number of benzene rings is 4. The molecule has 0 aliphatic rings. The zero-order chi connectivity index (χ0) is 30.4. The van der Waals surface area contributed by atoms with Crippen LogP contribution in [0.5, 0.6) is 11.5 Å². The highest BCUT2D eigenvalue weighted by atomic mass is 16.5. The van der Waals surface area contributed by atoms with E-state index >= 15 is 0 Å². The second-order valence-corrected chi connectivity index (χ2v) is 10.2. The highest BCUT2D eigenvalue weighted by Gasteiger charge is 2.18. The second kappa shape index (κ2) is 15.9. The molecule has 43 heavy (non-hydrogen) atoms. The minimum absolute atomic E-state index is 0.117. The topological polar surface area (TPSA) is 101 Å². The minimum Gasteiger partial charge on any atom is -0.481 e. The van der Waals surface area contributed by atoms with Crippen molar-refractivity contribution >= 4 is 17.6 Å². The van der Waals surface area contributed by atoms with Gasteiger partial charge in [-0.05, 0) is 72.5 Å². The van der Waals surface area contributed by atoms with E-state index in [4.69, 9.17) is 21.2 Å². The van der Waals surface area contributed by atoms with E-state index in [2.05, 4.69) is 9.74 Å². The predicted molar refractivity (Wildman–Crippen MR) is 163 cm³/mol. The molecule has 8 nitrogen and oxygen atoms in total. The van der Waals surface area contributed by atoms with E-state index in [1.807, 2.05) is 66.7 Å². The van der Waals surface area contributed by atoms with Crippen molar-refractivity contribution in [3.63, 3.8) is 0 Å². The van der Waals surface area contributed by atoms with Gasteiger partial charge in [0.2, 0.25) is 0 Å². The Hall–Kier alpha value is -4.97. The lowest BCUT2D eigenvalue weighted by molar-refractivity contribution is -0.137. The molecule has 0 fully saturated rings. The van der Waals surface area contributed by atoms with Crippen LogP contribution in [-0.4, -0.2) is 40.1 Å². The molecule has 0 saturated carbocycles. The smallest absolute Gasteiger partial charge is 0.335 e. The fourth-order valence-corrected chi connectivity index (χ4v) is 4.59. The quantitative estimate of drug-likeness (QED) is 0.104. The fourth-order valence-electron chi connectivity index (χ4n) is 4.59. The third-order valence-corrected chi connectivity index (χ3v) is 6.89. The van der Waals surface area contributed by atoms with Gasteiger partial charge in [0.05, 0.1) is 24.8 Å². The van der Waals surface area contributed by atoms with Crippen molar-refractivity contribution < 1.29 is 29.3 Å². The summed E-state index contributed by atoms with van der Waals surface area (Å²) in [5.74, 6) is -0.442. The Kier molecular flexibility index (Phi) is 11.4. The van der Waals surface area contributed by atoms with Crippen molar-refractivity contribution in [1.82, 2.24) is 4.90 Å². The van der Waals surface area contributed by atoms with Gasteiger partial charge < -0.3 is 19.7 Å². The first-order valence-electron chi connectivity index (χ1n) is 14.1. The molecule has 0 saturated heterocycles. The van der Waals surface area contributed by atoms with Gasteiger partial charge >= 0.3 is 11.9 Å². The maximum Gasteiger partial charge on any atom is 0.335 e. The van der Waals surface area contributed by atoms with Crippen LogP contribution in [-0.2, 0) is 22.7 Å². The highest BCUT2D eigenvalue weighted by molar-refractivity contribution is 5.87. The summed E-state index contributed by atoms with van der Waals surface area (Å²) in [5, 5.41) is 18.3. The maximum atomic E-state index is 11.3. The number of carboxylic acid groups (broad SMARTS) is 2. The molecule has 4 aromatic rings. The number of unbranched alkanes of at least 4 members (excludes halogenated alkanes) is 1. The van der Waals surface area contributed by atoms with E-state index in [1.54, 1.807) is 36.4 Å². The normalized spacial score (nSPS) is 11.5. The first kappa shape index (κ1) is 31.0. The van der Waals surface area contributed by atoms with Gasteiger partial charge in [0.25, 0.3) is 0 Å². The van der Waals surface area contributed by atoms with Crippen LogP contribution in [0.4, 0.5) is 5.69 Å². The lowest BCUT2D eigenvalue weighted by Gasteiger charge is -2.28. The molecular weight excluding hydrogens is 544 g/mol. The summed E-state index contributed by atoms with van der Waals surface area (Å²) in [6.45, 7) is 9.26. The average molecular weight is 579 g/mol. The van der Waals surface area contributed by atoms with Crippen molar-refractivity contribution in [2.75, 3.05) is 13.1 Å². The Bertz CT molecular complexity index is 1500. The summed E-state index contributed by atoms with van der Waals surface area (Å²) >= 11 is 0. The number of nitrogens with zero attached hydrogens (tertiary/aromatic N) is 2. The van der Waals surface area contributed by atoms with Crippen LogP contribution in [0.3, 0.4) is 0 Å². The number of carbonyl (C=O) groups is 2. The van der Waals surface area contributed by atoms with Crippen LogP contribution >= 0.6 is 0 Å². The zero-order valence-electron chi connectivity index (χ0n) is 23.8. The monoisotopic (exact) mass is 578 g/mol. The van der Waals surface area contributed by atoms with Gasteiger partial charge in [-0.2, -0.15) is 0 Å². The Morgan fingerprint density at radius 1 is 0.791 bits per heavy atom. The molecule has 1 atom stereocenters. The van der Waals surface area contributed by atoms with Crippen molar-refractivity contribution in [3.05, 3.63) is 137 Å². The third kappa shape index (κ3) is 10.1. The van der Waals surface area contributed by atoms with Gasteiger partial charge in [0.15, 0.2) is 5.69 Å². The molecule has 0 bridgehead atoms. The molecule has 0 unspecified atom stereocenters. The largest absolute Gasteiger partial charge is 0.481 e. The fraction of sp³-hybridized carbons (Fsp3) is 0.229. The predicted octanol–water partition coefficient (Wildman–Crippen LogP) is 7.74. The molecule has 0 aliphatic heterocycles. The number of aliphatic carboxylic acids is 1. The van der Waals surface area contributed by atoms with E-state index in [1.165, 1.54) is 0 Å². The summed E-state index contributed by atoms with van der Waals surface area (Å²) in [4.78, 5) is 28.0. The molecule has 0 spiro atoms. The van der Waals surface area contributed by atoms with Crippen molar-refractivity contribution in [2.24, 2.45) is 0 Å². The van der Waals surface area contributed by atoms with E-state index in [0.29, 0.717) is 56.3 Å². The number of rotatable bonds is 16. The summed E-state index contributed by atoms with van der Waals surface area (Å²) in [6.07, 6.45) is 1.14. The number of carboxylic acids is 2. The van der Waals surface area contributed by atoms with Gasteiger partial charge in [0, 0.05) is 19.5 Å². The van der Waals surface area contributed by atoms with E-state index in [-0.39, 0.29) is 18.1 Å². The molecule has 0 radical (unpaired) electrons. The van der Waals surface area contributed by atoms with Crippen LogP contribution < -0.4 is 4.74 Å². The van der Waals surface area contributed by atoms with Crippen LogP contribution in [0.25, 0.3) is 4.85 Å². The first-order valence-corrected chi connectivity index (χ1v) is 14.1. The number of hydrogen-bond acceptors (Lipinski definition) is 5.